The zero-order valence-corrected chi connectivity index (χ0v) is 35.4. The molecular weight excluding hydrogens is 761 g/mol. The number of allylic oxidation sites excluding steroid dienone is 4. The Morgan fingerprint density at radius 3 is 0.778 bits per heavy atom. The molecule has 1 aliphatic rings. The highest BCUT2D eigenvalue weighted by Crippen LogP contribution is 2.40. The summed E-state index contributed by atoms with van der Waals surface area (Å²) in [6.45, 7) is 2.31. The van der Waals surface area contributed by atoms with Crippen molar-refractivity contribution in [2.45, 2.75) is 13.3 Å². The van der Waals surface area contributed by atoms with Gasteiger partial charge in [0.1, 0.15) is 0 Å². The lowest BCUT2D eigenvalue weighted by Gasteiger charge is -2.27. The SMILES string of the molecule is CC1CC=CC=C1c1ccc(N(c2ccc(-c3ccccc3)cc2)c2ccc(-c3ccc(N(c4ccc(-c5ccccc5)cc4)c4ccc(-c5ccccc5)cc4)cc3)cc2)cc1. The van der Waals surface area contributed by atoms with Gasteiger partial charge in [-0.15, -0.1) is 0 Å². The molecule has 0 radical (unpaired) electrons. The summed E-state index contributed by atoms with van der Waals surface area (Å²) in [6.07, 6.45) is 7.78. The maximum Gasteiger partial charge on any atom is 0.0462 e. The van der Waals surface area contributed by atoms with Crippen LogP contribution in [0.1, 0.15) is 18.9 Å². The molecule has 0 amide bonds. The van der Waals surface area contributed by atoms with Crippen LogP contribution in [-0.2, 0) is 0 Å². The molecule has 2 heteroatoms. The minimum Gasteiger partial charge on any atom is -0.311 e. The molecule has 0 aromatic heterocycles. The number of benzene rings is 9. The van der Waals surface area contributed by atoms with Crippen LogP contribution in [0, 0.1) is 5.92 Å². The third-order valence-electron chi connectivity index (χ3n) is 12.2. The molecule has 10 rings (SSSR count). The lowest BCUT2D eigenvalue weighted by molar-refractivity contribution is 0.758. The highest BCUT2D eigenvalue weighted by atomic mass is 15.1. The van der Waals surface area contributed by atoms with Crippen LogP contribution in [0.15, 0.2) is 255 Å². The first-order chi connectivity index (χ1) is 31.1. The third-order valence-corrected chi connectivity index (χ3v) is 12.2. The summed E-state index contributed by atoms with van der Waals surface area (Å²) in [5.41, 5.74) is 18.9. The van der Waals surface area contributed by atoms with Gasteiger partial charge in [0.05, 0.1) is 0 Å². The fraction of sp³-hybridized carbons (Fsp3) is 0.0492. The summed E-state index contributed by atoms with van der Waals surface area (Å²) in [4.78, 5) is 4.69. The zero-order chi connectivity index (χ0) is 42.4. The predicted molar refractivity (Wildman–Crippen MR) is 268 cm³/mol. The summed E-state index contributed by atoms with van der Waals surface area (Å²) in [7, 11) is 0. The molecular formula is C61H48N2. The lowest BCUT2D eigenvalue weighted by Crippen LogP contribution is -2.10. The molecule has 0 saturated heterocycles. The Labute approximate surface area is 372 Å². The number of hydrogen-bond donors (Lipinski definition) is 0. The molecule has 0 aliphatic heterocycles. The Balaban J connectivity index is 0.959. The van der Waals surface area contributed by atoms with Gasteiger partial charge in [-0.3, -0.25) is 0 Å². The maximum absolute atomic E-state index is 2.36. The molecule has 0 fully saturated rings. The first kappa shape index (κ1) is 39.2. The van der Waals surface area contributed by atoms with E-state index in [0.29, 0.717) is 5.92 Å². The quantitative estimate of drug-likeness (QED) is 0.128. The van der Waals surface area contributed by atoms with Crippen LogP contribution in [0.25, 0.3) is 50.1 Å². The fourth-order valence-corrected chi connectivity index (χ4v) is 8.73. The van der Waals surface area contributed by atoms with E-state index in [1.165, 1.54) is 44.5 Å². The minimum absolute atomic E-state index is 0.505. The zero-order valence-electron chi connectivity index (χ0n) is 35.4. The van der Waals surface area contributed by atoms with Crippen LogP contribution >= 0.6 is 0 Å². The predicted octanol–water partition coefficient (Wildman–Crippen LogP) is 17.3. The number of hydrogen-bond acceptors (Lipinski definition) is 2. The van der Waals surface area contributed by atoms with Gasteiger partial charge >= 0.3 is 0 Å². The Hall–Kier alpha value is -7.94. The first-order valence-electron chi connectivity index (χ1n) is 21.9. The van der Waals surface area contributed by atoms with Crippen molar-refractivity contribution in [3.05, 3.63) is 260 Å². The molecule has 0 bridgehead atoms. The van der Waals surface area contributed by atoms with Gasteiger partial charge in [-0.1, -0.05) is 189 Å². The second-order valence-electron chi connectivity index (χ2n) is 16.2. The van der Waals surface area contributed by atoms with Crippen molar-refractivity contribution >= 4 is 39.7 Å². The van der Waals surface area contributed by atoms with Crippen molar-refractivity contribution in [2.24, 2.45) is 5.92 Å². The number of nitrogens with zero attached hydrogens (tertiary/aromatic N) is 2. The van der Waals surface area contributed by atoms with E-state index in [2.05, 4.69) is 272 Å². The highest BCUT2D eigenvalue weighted by Gasteiger charge is 2.18. The molecule has 9 aromatic rings. The van der Waals surface area contributed by atoms with Crippen molar-refractivity contribution in [1.29, 1.82) is 0 Å². The smallest absolute Gasteiger partial charge is 0.0462 e. The monoisotopic (exact) mass is 808 g/mol. The Morgan fingerprint density at radius 1 is 0.286 bits per heavy atom. The Kier molecular flexibility index (Phi) is 11.2. The number of anilines is 6. The average molecular weight is 809 g/mol. The molecule has 0 heterocycles. The largest absolute Gasteiger partial charge is 0.311 e. The molecule has 0 saturated carbocycles. The van der Waals surface area contributed by atoms with E-state index < -0.39 is 0 Å². The Morgan fingerprint density at radius 2 is 0.524 bits per heavy atom. The second kappa shape index (κ2) is 18.0. The van der Waals surface area contributed by atoms with Gasteiger partial charge in [0, 0.05) is 34.1 Å². The van der Waals surface area contributed by atoms with Crippen molar-refractivity contribution < 1.29 is 0 Å². The van der Waals surface area contributed by atoms with E-state index in [1.807, 2.05) is 0 Å². The van der Waals surface area contributed by atoms with Gasteiger partial charge < -0.3 is 9.80 Å². The summed E-state index contributed by atoms with van der Waals surface area (Å²) in [5.74, 6) is 0.505. The third kappa shape index (κ3) is 8.53. The van der Waals surface area contributed by atoms with E-state index in [1.54, 1.807) is 0 Å². The fourth-order valence-electron chi connectivity index (χ4n) is 8.73. The molecule has 1 unspecified atom stereocenters. The molecule has 63 heavy (non-hydrogen) atoms. The van der Waals surface area contributed by atoms with Gasteiger partial charge in [-0.05, 0) is 141 Å². The highest BCUT2D eigenvalue weighted by molar-refractivity contribution is 5.84. The van der Waals surface area contributed by atoms with Crippen molar-refractivity contribution in [1.82, 2.24) is 0 Å². The minimum atomic E-state index is 0.505. The van der Waals surface area contributed by atoms with Gasteiger partial charge in [0.25, 0.3) is 0 Å². The van der Waals surface area contributed by atoms with Crippen LogP contribution in [0.3, 0.4) is 0 Å². The molecule has 2 nitrogen and oxygen atoms in total. The Bertz CT molecular complexity index is 2870. The summed E-state index contributed by atoms with van der Waals surface area (Å²) in [6, 6.07) is 85.4. The topological polar surface area (TPSA) is 6.48 Å². The summed E-state index contributed by atoms with van der Waals surface area (Å²) >= 11 is 0. The molecule has 0 N–H and O–H groups in total. The normalized spacial score (nSPS) is 13.3. The van der Waals surface area contributed by atoms with Crippen molar-refractivity contribution in [2.75, 3.05) is 9.80 Å². The lowest BCUT2D eigenvalue weighted by atomic mass is 9.88. The molecule has 1 aliphatic carbocycles. The van der Waals surface area contributed by atoms with Crippen LogP contribution in [0.5, 0.6) is 0 Å². The van der Waals surface area contributed by atoms with Gasteiger partial charge in [-0.2, -0.15) is 0 Å². The molecule has 1 atom stereocenters. The van der Waals surface area contributed by atoms with E-state index in [4.69, 9.17) is 0 Å². The van der Waals surface area contributed by atoms with Gasteiger partial charge in [0.2, 0.25) is 0 Å². The van der Waals surface area contributed by atoms with Crippen molar-refractivity contribution in [3.8, 4) is 44.5 Å². The van der Waals surface area contributed by atoms with Crippen LogP contribution in [-0.4, -0.2) is 0 Å². The van der Waals surface area contributed by atoms with E-state index in [0.717, 1.165) is 51.7 Å². The van der Waals surface area contributed by atoms with Crippen LogP contribution < -0.4 is 9.80 Å². The maximum atomic E-state index is 2.36. The van der Waals surface area contributed by atoms with E-state index in [-0.39, 0.29) is 0 Å². The average Bonchev–Trinajstić information content (AvgIpc) is 3.36. The van der Waals surface area contributed by atoms with Gasteiger partial charge in [0.15, 0.2) is 0 Å². The summed E-state index contributed by atoms with van der Waals surface area (Å²) in [5, 5.41) is 0. The summed E-state index contributed by atoms with van der Waals surface area (Å²) < 4.78 is 0. The standard InChI is InChI=1S/C61H48N2/c1-45-13-11-12-20-61(45)54-31-43-60(44-32-54)63(57-37-25-51(26-38-57)48-18-9-4-10-19-48)59-41-29-53(30-42-59)52-27-39-58(40-28-52)62(55-33-21-49(22-34-55)46-14-5-2-6-15-46)56-35-23-50(24-36-56)47-16-7-3-8-17-47/h2-12,14-45H,13H2,1H3. The van der Waals surface area contributed by atoms with Crippen molar-refractivity contribution in [3.63, 3.8) is 0 Å². The van der Waals surface area contributed by atoms with Crippen LogP contribution in [0.2, 0.25) is 0 Å². The molecule has 9 aromatic carbocycles. The molecule has 302 valence electrons. The first-order valence-corrected chi connectivity index (χ1v) is 21.9. The van der Waals surface area contributed by atoms with Crippen LogP contribution in [0.4, 0.5) is 34.1 Å². The molecule has 0 spiro atoms. The van der Waals surface area contributed by atoms with Gasteiger partial charge in [-0.25, -0.2) is 0 Å². The second-order valence-corrected chi connectivity index (χ2v) is 16.2. The van der Waals surface area contributed by atoms with E-state index in [9.17, 15) is 0 Å². The van der Waals surface area contributed by atoms with E-state index >= 15 is 0 Å². The number of rotatable bonds is 11.